The molecule has 278 valence electrons. The minimum Gasteiger partial charge on any atom is -0.507 e. The van der Waals surface area contributed by atoms with Crippen molar-refractivity contribution < 1.29 is 19.3 Å². The molecule has 0 atom stereocenters. The maximum Gasteiger partial charge on any atom is 0.147 e. The van der Waals surface area contributed by atoms with Gasteiger partial charge in [-0.3, -0.25) is 0 Å². The molecule has 0 fully saturated rings. The number of rotatable bonds is 9. The zero-order chi connectivity index (χ0) is 39.2. The lowest BCUT2D eigenvalue weighted by molar-refractivity contribution is 0.465. The van der Waals surface area contributed by atoms with Crippen LogP contribution in [0.1, 0.15) is 33.4 Å². The fraction of sp³-hybridized carbons (Fsp3) is 0.120. The van der Waals surface area contributed by atoms with E-state index >= 15 is 9.13 Å². The number of fused-ring (bicyclic) bond motifs is 2. The van der Waals surface area contributed by atoms with Crippen molar-refractivity contribution in [2.75, 3.05) is 0 Å². The van der Waals surface area contributed by atoms with E-state index in [1.54, 1.807) is 0 Å². The molecule has 2 N–H and O–H groups in total. The molecule has 0 heterocycles. The van der Waals surface area contributed by atoms with E-state index in [2.05, 4.69) is 0 Å². The Hall–Kier alpha value is -5.66. The summed E-state index contributed by atoms with van der Waals surface area (Å²) >= 11 is 0. The molecular formula is C50H44O4P2. The number of benzene rings is 8. The van der Waals surface area contributed by atoms with Crippen LogP contribution < -0.4 is 21.2 Å². The number of aromatic hydroxyl groups is 2. The average Bonchev–Trinajstić information content (AvgIpc) is 3.20. The number of hydrogen-bond acceptors (Lipinski definition) is 4. The van der Waals surface area contributed by atoms with Crippen molar-refractivity contribution in [3.05, 3.63) is 191 Å². The summed E-state index contributed by atoms with van der Waals surface area (Å²) in [5.41, 5.74) is 6.20. The Morgan fingerprint density at radius 2 is 0.661 bits per heavy atom. The van der Waals surface area contributed by atoms with Crippen LogP contribution in [0.3, 0.4) is 0 Å². The normalized spacial score (nSPS) is 12.0. The van der Waals surface area contributed by atoms with Gasteiger partial charge in [-0.05, 0) is 61.4 Å². The molecule has 8 aromatic carbocycles. The van der Waals surface area contributed by atoms with Crippen LogP contribution in [0.4, 0.5) is 0 Å². The quantitative estimate of drug-likeness (QED) is 0.143. The average molecular weight is 771 g/mol. The highest BCUT2D eigenvalue weighted by molar-refractivity contribution is 7.78. The predicted molar refractivity (Wildman–Crippen MR) is 236 cm³/mol. The zero-order valence-electron chi connectivity index (χ0n) is 32.0. The van der Waals surface area contributed by atoms with Crippen LogP contribution in [0.5, 0.6) is 11.5 Å². The van der Waals surface area contributed by atoms with Crippen LogP contribution in [-0.4, -0.2) is 10.2 Å². The molecule has 8 rings (SSSR count). The second-order valence-electron chi connectivity index (χ2n) is 15.1. The summed E-state index contributed by atoms with van der Waals surface area (Å²) in [6.07, 6.45) is 0.133. The molecule has 0 aromatic heterocycles. The van der Waals surface area contributed by atoms with Gasteiger partial charge in [0, 0.05) is 55.8 Å². The molecule has 6 heteroatoms. The first-order chi connectivity index (χ1) is 26.9. The minimum atomic E-state index is -3.33. The maximum atomic E-state index is 15.6. The van der Waals surface area contributed by atoms with Crippen molar-refractivity contribution in [2.45, 2.75) is 40.0 Å². The second-order valence-corrected chi connectivity index (χ2v) is 20.8. The fourth-order valence-corrected chi connectivity index (χ4v) is 13.1. The van der Waals surface area contributed by atoms with Crippen LogP contribution >= 0.6 is 14.3 Å². The lowest BCUT2D eigenvalue weighted by Gasteiger charge is -2.24. The summed E-state index contributed by atoms with van der Waals surface area (Å²) in [5, 5.41) is 31.2. The molecule has 0 unspecified atom stereocenters. The summed E-state index contributed by atoms with van der Waals surface area (Å²) in [6, 6.07) is 50.7. The van der Waals surface area contributed by atoms with E-state index in [0.717, 1.165) is 43.8 Å². The van der Waals surface area contributed by atoms with Gasteiger partial charge in [0.15, 0.2) is 0 Å². The van der Waals surface area contributed by atoms with Crippen molar-refractivity contribution in [1.82, 2.24) is 0 Å². The van der Waals surface area contributed by atoms with Crippen molar-refractivity contribution in [2.24, 2.45) is 0 Å². The molecule has 0 bridgehead atoms. The van der Waals surface area contributed by atoms with Crippen LogP contribution in [0.25, 0.3) is 32.7 Å². The molecule has 0 radical (unpaired) electrons. The first kappa shape index (κ1) is 37.3. The summed E-state index contributed by atoms with van der Waals surface area (Å²) < 4.78 is 31.1. The van der Waals surface area contributed by atoms with Crippen LogP contribution in [-0.2, 0) is 21.5 Å². The lowest BCUT2D eigenvalue weighted by Crippen LogP contribution is -2.18. The van der Waals surface area contributed by atoms with Crippen LogP contribution in [0, 0.1) is 27.7 Å². The summed E-state index contributed by atoms with van der Waals surface area (Å²) in [4.78, 5) is 0. The largest absolute Gasteiger partial charge is 0.507 e. The molecule has 8 aromatic rings. The second kappa shape index (κ2) is 14.8. The molecule has 4 nitrogen and oxygen atoms in total. The Kier molecular flexibility index (Phi) is 9.83. The van der Waals surface area contributed by atoms with E-state index in [-0.39, 0.29) is 23.8 Å². The van der Waals surface area contributed by atoms with Crippen LogP contribution in [0.15, 0.2) is 158 Å². The highest BCUT2D eigenvalue weighted by Gasteiger charge is 2.33. The minimum absolute atomic E-state index is 0.0407. The van der Waals surface area contributed by atoms with Gasteiger partial charge in [-0.25, -0.2) is 0 Å². The Morgan fingerprint density at radius 3 is 0.946 bits per heavy atom. The van der Waals surface area contributed by atoms with Gasteiger partial charge in [0.25, 0.3) is 0 Å². The summed E-state index contributed by atoms with van der Waals surface area (Å²) in [5.74, 6) is -0.0815. The summed E-state index contributed by atoms with van der Waals surface area (Å²) in [7, 11) is -6.67. The number of hydrogen-bond donors (Lipinski definition) is 2. The molecule has 0 saturated carbocycles. The monoisotopic (exact) mass is 770 g/mol. The third-order valence-electron chi connectivity index (χ3n) is 11.0. The third kappa shape index (κ3) is 6.79. The van der Waals surface area contributed by atoms with Gasteiger partial charge >= 0.3 is 0 Å². The molecule has 0 aliphatic heterocycles. The molecule has 0 spiro atoms. The molecule has 0 saturated heterocycles. The smallest absolute Gasteiger partial charge is 0.147 e. The lowest BCUT2D eigenvalue weighted by atomic mass is 9.89. The Bertz CT molecular complexity index is 2540. The number of phenolic OH excluding ortho intramolecular Hbond substituents is 2. The topological polar surface area (TPSA) is 74.6 Å². The fourth-order valence-electron chi connectivity index (χ4n) is 7.82. The van der Waals surface area contributed by atoms with E-state index in [1.807, 2.05) is 185 Å². The molecule has 0 aliphatic carbocycles. The van der Waals surface area contributed by atoms with Crippen molar-refractivity contribution >= 4 is 57.0 Å². The zero-order valence-corrected chi connectivity index (χ0v) is 33.8. The molecule has 0 amide bonds. The Balaban J connectivity index is 1.37. The van der Waals surface area contributed by atoms with Crippen molar-refractivity contribution in [3.8, 4) is 22.6 Å². The molecule has 0 aliphatic rings. The highest BCUT2D eigenvalue weighted by Crippen LogP contribution is 2.55. The van der Waals surface area contributed by atoms with E-state index in [9.17, 15) is 10.2 Å². The van der Waals surface area contributed by atoms with E-state index in [1.165, 1.54) is 0 Å². The first-order valence-corrected chi connectivity index (χ1v) is 22.7. The molecular weight excluding hydrogens is 726 g/mol. The highest BCUT2D eigenvalue weighted by atomic mass is 31.2. The van der Waals surface area contributed by atoms with Crippen LogP contribution in [0.2, 0.25) is 0 Å². The first-order valence-electron chi connectivity index (χ1n) is 18.9. The van der Waals surface area contributed by atoms with Gasteiger partial charge in [0.05, 0.1) is 0 Å². The van der Waals surface area contributed by atoms with Gasteiger partial charge in [-0.1, -0.05) is 168 Å². The summed E-state index contributed by atoms with van der Waals surface area (Å²) in [6.45, 7) is 8.03. The number of aryl methyl sites for hydroxylation is 4. The van der Waals surface area contributed by atoms with Gasteiger partial charge in [-0.2, -0.15) is 0 Å². The van der Waals surface area contributed by atoms with Crippen molar-refractivity contribution in [3.63, 3.8) is 0 Å². The van der Waals surface area contributed by atoms with E-state index in [4.69, 9.17) is 0 Å². The van der Waals surface area contributed by atoms with Gasteiger partial charge < -0.3 is 19.3 Å². The van der Waals surface area contributed by atoms with Gasteiger partial charge in [0.1, 0.15) is 25.8 Å². The number of phenols is 2. The van der Waals surface area contributed by atoms with Crippen molar-refractivity contribution in [1.29, 1.82) is 0 Å². The van der Waals surface area contributed by atoms with Gasteiger partial charge in [-0.15, -0.1) is 0 Å². The third-order valence-corrected chi connectivity index (χ3v) is 17.1. The molecule has 56 heavy (non-hydrogen) atoms. The Morgan fingerprint density at radius 1 is 0.393 bits per heavy atom. The predicted octanol–water partition coefficient (Wildman–Crippen LogP) is 11.3. The van der Waals surface area contributed by atoms with E-state index < -0.39 is 14.3 Å². The Labute approximate surface area is 328 Å². The van der Waals surface area contributed by atoms with Gasteiger partial charge in [0.2, 0.25) is 0 Å². The standard InChI is InChI=1S/C50H44O4P2/c1-33-13-21-41(22-14-33)55(53,42-23-15-34(2)16-24-42)31-39-29-37-9-5-7-11-45(37)47(49(39)51)48-46-12-8-6-10-38(46)30-40(50(48)52)32-56(54,43-25-17-35(3)18-26-43)44-27-19-36(4)20-28-44/h5-30,51-52H,31-32H2,1-4H3. The SMILES string of the molecule is Cc1ccc(P(=O)(Cc2cc3ccccc3c(-c3c(O)c(CP(=O)(c4ccc(C)cc4)c4ccc(C)cc4)cc4ccccc34)c2O)c2ccc(C)cc2)cc1. The maximum absolute atomic E-state index is 15.6. The van der Waals surface area contributed by atoms with E-state index in [0.29, 0.717) is 43.5 Å².